The van der Waals surface area contributed by atoms with Crippen LogP contribution in [0.2, 0.25) is 0 Å². The molecule has 1 atom stereocenters. The summed E-state index contributed by atoms with van der Waals surface area (Å²) in [4.78, 5) is 13.5. The second-order valence-electron chi connectivity index (χ2n) is 6.69. The summed E-state index contributed by atoms with van der Waals surface area (Å²) in [7, 11) is 0. The van der Waals surface area contributed by atoms with Gasteiger partial charge in [-0.15, -0.1) is 0 Å². The molecular formula is C17H14BrF5N6. The van der Waals surface area contributed by atoms with Crippen LogP contribution in [-0.2, 0) is 6.18 Å². The van der Waals surface area contributed by atoms with E-state index < -0.39 is 18.2 Å². The maximum Gasteiger partial charge on any atom is 0.417 e. The van der Waals surface area contributed by atoms with Crippen LogP contribution in [0.15, 0.2) is 29.1 Å². The van der Waals surface area contributed by atoms with Gasteiger partial charge in [-0.1, -0.05) is 0 Å². The van der Waals surface area contributed by atoms with Crippen LogP contribution in [0.1, 0.15) is 42.1 Å². The summed E-state index contributed by atoms with van der Waals surface area (Å²) in [5, 5.41) is 4.08. The van der Waals surface area contributed by atoms with Gasteiger partial charge in [-0.2, -0.15) is 23.3 Å². The molecule has 1 fully saturated rings. The number of anilines is 1. The van der Waals surface area contributed by atoms with E-state index in [1.54, 1.807) is 0 Å². The Morgan fingerprint density at radius 2 is 1.97 bits per heavy atom. The van der Waals surface area contributed by atoms with Crippen LogP contribution < -0.4 is 4.90 Å². The lowest BCUT2D eigenvalue weighted by atomic mass is 9.94. The Balaban J connectivity index is 1.66. The highest BCUT2D eigenvalue weighted by atomic mass is 79.9. The SMILES string of the molecule is FC(F)c1cc([C@H]2CCCN(c3ncc(C(F)(F)F)cc3Br)C2)n2ncnc2n1. The zero-order valence-electron chi connectivity index (χ0n) is 14.7. The third-order valence-corrected chi connectivity index (χ3v) is 5.39. The van der Waals surface area contributed by atoms with Crippen molar-refractivity contribution in [2.45, 2.75) is 31.4 Å². The summed E-state index contributed by atoms with van der Waals surface area (Å²) in [6, 6.07) is 2.30. The second-order valence-corrected chi connectivity index (χ2v) is 7.55. The fraction of sp³-hybridized carbons (Fsp3) is 0.412. The average Bonchev–Trinajstić information content (AvgIpc) is 3.15. The first kappa shape index (κ1) is 19.9. The first-order valence-electron chi connectivity index (χ1n) is 8.70. The van der Waals surface area contributed by atoms with Gasteiger partial charge in [-0.05, 0) is 40.9 Å². The van der Waals surface area contributed by atoms with Gasteiger partial charge in [0.05, 0.1) is 15.7 Å². The van der Waals surface area contributed by atoms with Crippen molar-refractivity contribution in [1.82, 2.24) is 24.6 Å². The molecule has 0 saturated carbocycles. The Hall–Kier alpha value is -2.37. The molecule has 6 nitrogen and oxygen atoms in total. The summed E-state index contributed by atoms with van der Waals surface area (Å²) in [6.45, 7) is 0.972. The highest BCUT2D eigenvalue weighted by Gasteiger charge is 2.33. The number of nitrogens with zero attached hydrogens (tertiary/aromatic N) is 6. The lowest BCUT2D eigenvalue weighted by molar-refractivity contribution is -0.137. The Morgan fingerprint density at radius 3 is 2.66 bits per heavy atom. The molecule has 0 radical (unpaired) electrons. The third kappa shape index (κ3) is 3.89. The zero-order valence-corrected chi connectivity index (χ0v) is 16.3. The maximum absolute atomic E-state index is 13.2. The number of hydrogen-bond donors (Lipinski definition) is 0. The molecule has 1 aliphatic heterocycles. The second kappa shape index (κ2) is 7.47. The van der Waals surface area contributed by atoms with E-state index in [4.69, 9.17) is 0 Å². The van der Waals surface area contributed by atoms with E-state index in [1.807, 2.05) is 4.90 Å². The molecule has 3 aromatic rings. The molecule has 4 rings (SSSR count). The highest BCUT2D eigenvalue weighted by Crippen LogP contribution is 2.36. The van der Waals surface area contributed by atoms with Crippen molar-refractivity contribution in [3.05, 3.63) is 46.1 Å². The number of rotatable bonds is 3. The van der Waals surface area contributed by atoms with Crippen LogP contribution >= 0.6 is 15.9 Å². The van der Waals surface area contributed by atoms with Crippen LogP contribution in [0, 0.1) is 0 Å². The predicted octanol–water partition coefficient (Wildman–Crippen LogP) is 4.62. The van der Waals surface area contributed by atoms with Gasteiger partial charge in [0.2, 0.25) is 0 Å². The first-order valence-corrected chi connectivity index (χ1v) is 9.49. The van der Waals surface area contributed by atoms with Crippen molar-refractivity contribution in [2.24, 2.45) is 0 Å². The van der Waals surface area contributed by atoms with Crippen LogP contribution in [0.3, 0.4) is 0 Å². The van der Waals surface area contributed by atoms with Gasteiger partial charge in [0.1, 0.15) is 17.8 Å². The molecule has 12 heteroatoms. The minimum absolute atomic E-state index is 0.0868. The van der Waals surface area contributed by atoms with Crippen molar-refractivity contribution in [3.63, 3.8) is 0 Å². The molecular weight excluding hydrogens is 463 g/mol. The Labute approximate surface area is 169 Å². The van der Waals surface area contributed by atoms with Gasteiger partial charge in [-0.3, -0.25) is 0 Å². The standard InChI is InChI=1S/C17H14BrF5N6/c18-11-4-10(17(21,22)23)6-24-15(11)28-3-1-2-9(7-28)13-5-12(14(19)20)27-16-25-8-26-29(13)16/h4-6,8-9,14H,1-3,7H2/t9-/m0/s1. The number of alkyl halides is 5. The zero-order chi connectivity index (χ0) is 20.8. The minimum Gasteiger partial charge on any atom is -0.355 e. The number of halogens is 6. The van der Waals surface area contributed by atoms with E-state index in [-0.39, 0.29) is 21.9 Å². The molecule has 0 bridgehead atoms. The van der Waals surface area contributed by atoms with Gasteiger partial charge >= 0.3 is 6.18 Å². The summed E-state index contributed by atoms with van der Waals surface area (Å²) in [5.74, 6) is 0.272. The quantitative estimate of drug-likeness (QED) is 0.516. The molecule has 29 heavy (non-hydrogen) atoms. The van der Waals surface area contributed by atoms with E-state index in [0.29, 0.717) is 37.4 Å². The number of fused-ring (bicyclic) bond motifs is 1. The fourth-order valence-electron chi connectivity index (χ4n) is 3.49. The topological polar surface area (TPSA) is 59.2 Å². The van der Waals surface area contributed by atoms with Crippen molar-refractivity contribution in [2.75, 3.05) is 18.0 Å². The van der Waals surface area contributed by atoms with Crippen molar-refractivity contribution < 1.29 is 22.0 Å². The number of aromatic nitrogens is 5. The molecule has 0 N–H and O–H groups in total. The maximum atomic E-state index is 13.2. The van der Waals surface area contributed by atoms with Gasteiger partial charge in [0.25, 0.3) is 12.2 Å². The largest absolute Gasteiger partial charge is 0.417 e. The molecule has 1 saturated heterocycles. The average molecular weight is 477 g/mol. The number of pyridine rings is 1. The van der Waals surface area contributed by atoms with Crippen LogP contribution in [-0.4, -0.2) is 37.7 Å². The van der Waals surface area contributed by atoms with E-state index in [9.17, 15) is 22.0 Å². The van der Waals surface area contributed by atoms with Crippen molar-refractivity contribution >= 4 is 27.5 Å². The van der Waals surface area contributed by atoms with Crippen molar-refractivity contribution in [1.29, 1.82) is 0 Å². The van der Waals surface area contributed by atoms with Crippen LogP contribution in [0.4, 0.5) is 27.8 Å². The smallest absolute Gasteiger partial charge is 0.355 e. The van der Waals surface area contributed by atoms with Crippen molar-refractivity contribution in [3.8, 4) is 0 Å². The monoisotopic (exact) mass is 476 g/mol. The predicted molar refractivity (Wildman–Crippen MR) is 96.9 cm³/mol. The van der Waals surface area contributed by atoms with Gasteiger partial charge in [0.15, 0.2) is 0 Å². The normalized spacial score (nSPS) is 18.0. The third-order valence-electron chi connectivity index (χ3n) is 4.81. The molecule has 0 aliphatic carbocycles. The molecule has 0 spiro atoms. The Morgan fingerprint density at radius 1 is 1.17 bits per heavy atom. The summed E-state index contributed by atoms with van der Waals surface area (Å²) in [6.07, 6.45) is -3.78. The van der Waals surface area contributed by atoms with Crippen LogP contribution in [0.5, 0.6) is 0 Å². The fourth-order valence-corrected chi connectivity index (χ4v) is 4.09. The Bertz CT molecular complexity index is 1040. The van der Waals surface area contributed by atoms with E-state index in [0.717, 1.165) is 12.3 Å². The van der Waals surface area contributed by atoms with E-state index in [2.05, 4.69) is 36.0 Å². The van der Waals surface area contributed by atoms with Crippen LogP contribution in [0.25, 0.3) is 5.78 Å². The molecule has 3 aromatic heterocycles. The summed E-state index contributed by atoms with van der Waals surface area (Å²) >= 11 is 3.17. The van der Waals surface area contributed by atoms with Gasteiger partial charge in [0, 0.05) is 25.2 Å². The van der Waals surface area contributed by atoms with Gasteiger partial charge < -0.3 is 4.90 Å². The Kier molecular flexibility index (Phi) is 5.13. The van der Waals surface area contributed by atoms with E-state index in [1.165, 1.54) is 16.9 Å². The molecule has 154 valence electrons. The van der Waals surface area contributed by atoms with Gasteiger partial charge in [-0.25, -0.2) is 23.3 Å². The minimum atomic E-state index is -4.49. The summed E-state index contributed by atoms with van der Waals surface area (Å²) in [5.41, 5.74) is -0.691. The first-order chi connectivity index (χ1) is 13.7. The lowest BCUT2D eigenvalue weighted by Gasteiger charge is -2.34. The lowest BCUT2D eigenvalue weighted by Crippen LogP contribution is -2.36. The molecule has 0 aromatic carbocycles. The number of piperidine rings is 1. The highest BCUT2D eigenvalue weighted by molar-refractivity contribution is 9.10. The molecule has 0 amide bonds. The van der Waals surface area contributed by atoms with E-state index >= 15 is 0 Å². The molecule has 0 unspecified atom stereocenters. The molecule has 1 aliphatic rings. The molecule has 4 heterocycles. The number of hydrogen-bond acceptors (Lipinski definition) is 5. The summed E-state index contributed by atoms with van der Waals surface area (Å²) < 4.78 is 66.8.